The number of rotatable bonds is 2. The summed E-state index contributed by atoms with van der Waals surface area (Å²) in [6.45, 7) is 4.23. The summed E-state index contributed by atoms with van der Waals surface area (Å²) >= 11 is 0. The van der Waals surface area contributed by atoms with E-state index in [0.717, 1.165) is 24.9 Å². The maximum atomic E-state index is 10.1. The summed E-state index contributed by atoms with van der Waals surface area (Å²) in [6, 6.07) is 6.71. The molecule has 2 nitrogen and oxygen atoms in total. The Morgan fingerprint density at radius 3 is 2.35 bits per heavy atom. The summed E-state index contributed by atoms with van der Waals surface area (Å²) in [6.07, 6.45) is 5.45. The molecule has 0 aromatic heterocycles. The molecular weight excluding hydrogens is 210 g/mol. The highest BCUT2D eigenvalue weighted by atomic mass is 16.3. The number of anilines is 1. The van der Waals surface area contributed by atoms with E-state index in [1.54, 1.807) is 0 Å². The summed E-state index contributed by atoms with van der Waals surface area (Å²) in [7, 11) is 0. The largest absolute Gasteiger partial charge is 0.391 e. The van der Waals surface area contributed by atoms with Gasteiger partial charge in [0.15, 0.2) is 0 Å². The number of aliphatic hydroxyl groups is 1. The van der Waals surface area contributed by atoms with Gasteiger partial charge < -0.3 is 10.4 Å². The fourth-order valence-corrected chi connectivity index (χ4v) is 2.73. The van der Waals surface area contributed by atoms with Crippen LogP contribution in [0.2, 0.25) is 0 Å². The lowest BCUT2D eigenvalue weighted by Gasteiger charge is -2.23. The number of hydrogen-bond acceptors (Lipinski definition) is 2. The summed E-state index contributed by atoms with van der Waals surface area (Å²) in [5.41, 5.74) is 3.69. The van der Waals surface area contributed by atoms with Crippen molar-refractivity contribution in [2.24, 2.45) is 0 Å². The van der Waals surface area contributed by atoms with Crippen LogP contribution in [0.5, 0.6) is 0 Å². The highest BCUT2D eigenvalue weighted by molar-refractivity contribution is 5.49. The van der Waals surface area contributed by atoms with Crippen LogP contribution in [-0.4, -0.2) is 17.3 Å². The number of nitrogens with one attached hydrogen (secondary N) is 1. The topological polar surface area (TPSA) is 32.3 Å². The molecule has 1 fully saturated rings. The van der Waals surface area contributed by atoms with Crippen molar-refractivity contribution < 1.29 is 5.11 Å². The van der Waals surface area contributed by atoms with E-state index in [0.29, 0.717) is 0 Å². The Kier molecular flexibility index (Phi) is 4.06. The van der Waals surface area contributed by atoms with E-state index in [2.05, 4.69) is 37.4 Å². The zero-order chi connectivity index (χ0) is 12.3. The summed E-state index contributed by atoms with van der Waals surface area (Å²) in [5, 5.41) is 13.6. The average molecular weight is 233 g/mol. The maximum Gasteiger partial charge on any atom is 0.0741 e. The molecule has 0 saturated heterocycles. The molecule has 0 radical (unpaired) electrons. The van der Waals surface area contributed by atoms with Gasteiger partial charge in [0.2, 0.25) is 0 Å². The highest BCUT2D eigenvalue weighted by Gasteiger charge is 2.21. The van der Waals surface area contributed by atoms with Crippen LogP contribution in [0.3, 0.4) is 0 Å². The van der Waals surface area contributed by atoms with Gasteiger partial charge in [-0.2, -0.15) is 0 Å². The second kappa shape index (κ2) is 5.54. The van der Waals surface area contributed by atoms with E-state index >= 15 is 0 Å². The molecule has 17 heavy (non-hydrogen) atoms. The van der Waals surface area contributed by atoms with E-state index < -0.39 is 0 Å². The fourth-order valence-electron chi connectivity index (χ4n) is 2.73. The molecule has 0 aliphatic heterocycles. The van der Waals surface area contributed by atoms with Crippen molar-refractivity contribution >= 4 is 5.69 Å². The number of aryl methyl sites for hydroxylation is 2. The SMILES string of the molecule is Cc1cc(C)cc(NC2CCCCCC2O)c1. The smallest absolute Gasteiger partial charge is 0.0741 e. The van der Waals surface area contributed by atoms with Crippen molar-refractivity contribution in [1.82, 2.24) is 0 Å². The lowest BCUT2D eigenvalue weighted by molar-refractivity contribution is 0.144. The first-order valence-electron chi connectivity index (χ1n) is 6.68. The number of benzene rings is 1. The van der Waals surface area contributed by atoms with Gasteiger partial charge >= 0.3 is 0 Å². The van der Waals surface area contributed by atoms with Gasteiger partial charge in [-0.3, -0.25) is 0 Å². The third-order valence-corrected chi connectivity index (χ3v) is 3.55. The quantitative estimate of drug-likeness (QED) is 0.767. The Morgan fingerprint density at radius 1 is 1.00 bits per heavy atom. The Labute approximate surface area is 104 Å². The van der Waals surface area contributed by atoms with Crippen molar-refractivity contribution in [1.29, 1.82) is 0 Å². The zero-order valence-corrected chi connectivity index (χ0v) is 10.9. The van der Waals surface area contributed by atoms with Crippen LogP contribution in [0, 0.1) is 13.8 Å². The molecule has 1 aliphatic rings. The van der Waals surface area contributed by atoms with Gasteiger partial charge in [-0.15, -0.1) is 0 Å². The molecule has 2 atom stereocenters. The number of aliphatic hydroxyl groups excluding tert-OH is 1. The first-order valence-corrected chi connectivity index (χ1v) is 6.68. The second-order valence-electron chi connectivity index (χ2n) is 5.33. The van der Waals surface area contributed by atoms with E-state index in [9.17, 15) is 5.11 Å². The van der Waals surface area contributed by atoms with Gasteiger partial charge in [0, 0.05) is 5.69 Å². The Morgan fingerprint density at radius 2 is 1.65 bits per heavy atom. The minimum Gasteiger partial charge on any atom is -0.391 e. The van der Waals surface area contributed by atoms with Crippen molar-refractivity contribution in [3.8, 4) is 0 Å². The molecule has 0 bridgehead atoms. The minimum absolute atomic E-state index is 0.196. The van der Waals surface area contributed by atoms with Gasteiger partial charge in [0.25, 0.3) is 0 Å². The molecule has 0 heterocycles. The average Bonchev–Trinajstić information content (AvgIpc) is 2.43. The molecule has 1 aromatic rings. The Bertz CT molecular complexity index is 355. The molecule has 0 spiro atoms. The van der Waals surface area contributed by atoms with Crippen LogP contribution in [-0.2, 0) is 0 Å². The van der Waals surface area contributed by atoms with E-state index in [-0.39, 0.29) is 12.1 Å². The third-order valence-electron chi connectivity index (χ3n) is 3.55. The lowest BCUT2D eigenvalue weighted by atomic mass is 10.0. The molecule has 2 N–H and O–H groups in total. The van der Waals surface area contributed by atoms with Crippen LogP contribution in [0.1, 0.15) is 43.2 Å². The van der Waals surface area contributed by atoms with E-state index in [4.69, 9.17) is 0 Å². The molecule has 0 amide bonds. The first kappa shape index (κ1) is 12.4. The van der Waals surface area contributed by atoms with Crippen LogP contribution < -0.4 is 5.32 Å². The standard InChI is InChI=1S/C15H23NO/c1-11-8-12(2)10-13(9-11)16-14-6-4-3-5-7-15(14)17/h8-10,14-17H,3-7H2,1-2H3. The normalized spacial score (nSPS) is 25.4. The minimum atomic E-state index is -0.196. The predicted octanol–water partition coefficient (Wildman–Crippen LogP) is 3.41. The third kappa shape index (κ3) is 3.47. The number of hydrogen-bond donors (Lipinski definition) is 2. The van der Waals surface area contributed by atoms with Crippen LogP contribution >= 0.6 is 0 Å². The Balaban J connectivity index is 2.07. The molecule has 2 heteroatoms. The van der Waals surface area contributed by atoms with Crippen molar-refractivity contribution in [2.75, 3.05) is 5.32 Å². The van der Waals surface area contributed by atoms with Crippen LogP contribution in [0.4, 0.5) is 5.69 Å². The van der Waals surface area contributed by atoms with Crippen LogP contribution in [0.25, 0.3) is 0 Å². The molecular formula is C15H23NO. The predicted molar refractivity (Wildman–Crippen MR) is 72.4 cm³/mol. The molecule has 1 aromatic carbocycles. The lowest BCUT2D eigenvalue weighted by Crippen LogP contribution is -2.32. The van der Waals surface area contributed by atoms with Crippen molar-refractivity contribution in [3.05, 3.63) is 29.3 Å². The van der Waals surface area contributed by atoms with E-state index in [1.807, 2.05) is 0 Å². The van der Waals surface area contributed by atoms with Gasteiger partial charge in [0.05, 0.1) is 12.1 Å². The van der Waals surface area contributed by atoms with Gasteiger partial charge in [-0.1, -0.05) is 25.3 Å². The van der Waals surface area contributed by atoms with Gasteiger partial charge in [-0.25, -0.2) is 0 Å². The molecule has 1 saturated carbocycles. The highest BCUT2D eigenvalue weighted by Crippen LogP contribution is 2.22. The summed E-state index contributed by atoms with van der Waals surface area (Å²) in [5.74, 6) is 0. The fraction of sp³-hybridized carbons (Fsp3) is 0.600. The zero-order valence-electron chi connectivity index (χ0n) is 10.9. The molecule has 94 valence electrons. The van der Waals surface area contributed by atoms with Gasteiger partial charge in [0.1, 0.15) is 0 Å². The maximum absolute atomic E-state index is 10.1. The van der Waals surface area contributed by atoms with Gasteiger partial charge in [-0.05, 0) is 49.9 Å². The van der Waals surface area contributed by atoms with Crippen LogP contribution in [0.15, 0.2) is 18.2 Å². The molecule has 2 rings (SSSR count). The van der Waals surface area contributed by atoms with Crippen molar-refractivity contribution in [3.63, 3.8) is 0 Å². The summed E-state index contributed by atoms with van der Waals surface area (Å²) in [4.78, 5) is 0. The molecule has 2 unspecified atom stereocenters. The van der Waals surface area contributed by atoms with Crippen molar-refractivity contribution in [2.45, 2.75) is 58.1 Å². The summed E-state index contributed by atoms with van der Waals surface area (Å²) < 4.78 is 0. The van der Waals surface area contributed by atoms with E-state index in [1.165, 1.54) is 24.0 Å². The molecule has 1 aliphatic carbocycles. The Hall–Kier alpha value is -1.02. The monoisotopic (exact) mass is 233 g/mol. The first-order chi connectivity index (χ1) is 8.15. The second-order valence-corrected chi connectivity index (χ2v) is 5.33.